The number of nitrogens with one attached hydrogen (secondary N) is 2. The highest BCUT2D eigenvalue weighted by molar-refractivity contribution is 6.42. The largest absolute Gasteiger partial charge is 0.338 e. The fraction of sp³-hybridized carbons (Fsp3) is 0. The summed E-state index contributed by atoms with van der Waals surface area (Å²) in [4.78, 5) is 28.3. The maximum atomic E-state index is 12.3. The predicted molar refractivity (Wildman–Crippen MR) is 90.8 cm³/mol. The van der Waals surface area contributed by atoms with Crippen molar-refractivity contribution in [3.63, 3.8) is 0 Å². The van der Waals surface area contributed by atoms with Gasteiger partial charge in [0.2, 0.25) is 0 Å². The average molecular weight is 349 g/mol. The van der Waals surface area contributed by atoms with Crippen molar-refractivity contribution in [2.45, 2.75) is 0 Å². The highest BCUT2D eigenvalue weighted by Gasteiger charge is 2.08. The van der Waals surface area contributed by atoms with Crippen molar-refractivity contribution in [3.05, 3.63) is 69.2 Å². The van der Waals surface area contributed by atoms with E-state index in [1.807, 2.05) is 0 Å². The Morgan fingerprint density at radius 3 is 2.65 bits per heavy atom. The van der Waals surface area contributed by atoms with Crippen LogP contribution in [0.1, 0.15) is 0 Å². The monoisotopic (exact) mass is 348 g/mol. The lowest BCUT2D eigenvalue weighted by Gasteiger charge is -2.10. The van der Waals surface area contributed by atoms with Crippen LogP contribution in [0.2, 0.25) is 10.0 Å². The lowest BCUT2D eigenvalue weighted by atomic mass is 10.2. The zero-order valence-corrected chi connectivity index (χ0v) is 13.1. The molecule has 2 amide bonds. The fourth-order valence-electron chi connectivity index (χ4n) is 1.99. The summed E-state index contributed by atoms with van der Waals surface area (Å²) < 4.78 is 1.01. The van der Waals surface area contributed by atoms with Crippen LogP contribution in [0.15, 0.2) is 53.6 Å². The van der Waals surface area contributed by atoms with E-state index in [0.717, 1.165) is 4.68 Å². The van der Waals surface area contributed by atoms with Crippen LogP contribution in [0.3, 0.4) is 0 Å². The second kappa shape index (κ2) is 6.28. The Hall–Kier alpha value is -2.57. The molecule has 0 saturated heterocycles. The summed E-state index contributed by atoms with van der Waals surface area (Å²) in [7, 11) is 0. The molecule has 0 spiro atoms. The second-order valence-electron chi connectivity index (χ2n) is 4.63. The Kier molecular flexibility index (Phi) is 4.18. The van der Waals surface area contributed by atoms with Gasteiger partial charge in [-0.2, -0.15) is 0 Å². The number of aromatic nitrogens is 2. The van der Waals surface area contributed by atoms with E-state index in [-0.39, 0.29) is 5.56 Å². The molecule has 0 aliphatic carbocycles. The third-order valence-electron chi connectivity index (χ3n) is 3.07. The predicted octanol–water partition coefficient (Wildman–Crippen LogP) is 3.48. The van der Waals surface area contributed by atoms with Crippen molar-refractivity contribution < 1.29 is 4.79 Å². The van der Waals surface area contributed by atoms with Crippen molar-refractivity contribution >= 4 is 45.8 Å². The molecule has 0 aliphatic rings. The number of urea groups is 1. The number of anilines is 1. The fourth-order valence-corrected chi connectivity index (χ4v) is 2.29. The van der Waals surface area contributed by atoms with Gasteiger partial charge in [0, 0.05) is 5.69 Å². The molecule has 0 unspecified atom stereocenters. The van der Waals surface area contributed by atoms with Crippen LogP contribution in [0, 0.1) is 0 Å². The molecule has 1 aromatic heterocycles. The van der Waals surface area contributed by atoms with Gasteiger partial charge < -0.3 is 5.32 Å². The maximum absolute atomic E-state index is 12.3. The summed E-state index contributed by atoms with van der Waals surface area (Å²) >= 11 is 11.7. The first-order valence-corrected chi connectivity index (χ1v) is 7.29. The zero-order chi connectivity index (χ0) is 16.4. The van der Waals surface area contributed by atoms with Crippen molar-refractivity contribution in [1.29, 1.82) is 0 Å². The minimum absolute atomic E-state index is 0.314. The van der Waals surface area contributed by atoms with Gasteiger partial charge in [-0.3, -0.25) is 4.79 Å². The van der Waals surface area contributed by atoms with Crippen LogP contribution in [0.4, 0.5) is 10.5 Å². The van der Waals surface area contributed by atoms with Gasteiger partial charge in [-0.1, -0.05) is 35.3 Å². The van der Waals surface area contributed by atoms with Gasteiger partial charge in [-0.05, 0) is 30.3 Å². The van der Waals surface area contributed by atoms with E-state index in [4.69, 9.17) is 23.2 Å². The van der Waals surface area contributed by atoms with E-state index in [1.54, 1.807) is 36.4 Å². The number of carbonyl (C=O) groups is 1. The molecule has 2 aromatic carbocycles. The summed E-state index contributed by atoms with van der Waals surface area (Å²) in [6, 6.07) is 10.9. The molecule has 0 atom stereocenters. The number of benzene rings is 2. The number of amides is 2. The minimum atomic E-state index is -0.609. The number of hydrogen-bond acceptors (Lipinski definition) is 3. The Bertz CT molecular complexity index is 956. The second-order valence-corrected chi connectivity index (χ2v) is 5.45. The third-order valence-corrected chi connectivity index (χ3v) is 3.80. The molecule has 6 nitrogen and oxygen atoms in total. The lowest BCUT2D eigenvalue weighted by molar-refractivity contribution is 0.259. The number of halogens is 2. The van der Waals surface area contributed by atoms with Crippen molar-refractivity contribution in [2.24, 2.45) is 0 Å². The summed E-state index contributed by atoms with van der Waals surface area (Å²) in [5, 5.41) is 3.66. The van der Waals surface area contributed by atoms with Gasteiger partial charge in [-0.25, -0.2) is 19.9 Å². The van der Waals surface area contributed by atoms with E-state index in [0.29, 0.717) is 26.6 Å². The Morgan fingerprint density at radius 1 is 1.09 bits per heavy atom. The van der Waals surface area contributed by atoms with Crippen molar-refractivity contribution in [2.75, 3.05) is 10.7 Å². The van der Waals surface area contributed by atoms with Crippen LogP contribution in [0.25, 0.3) is 10.9 Å². The SMILES string of the molecule is O=C(Nc1ccc(Cl)c(Cl)c1)Nn1cnc2ccccc2c1=O. The molecular formula is C15H10Cl2N4O2. The highest BCUT2D eigenvalue weighted by Crippen LogP contribution is 2.24. The van der Waals surface area contributed by atoms with E-state index in [2.05, 4.69) is 15.7 Å². The van der Waals surface area contributed by atoms with E-state index < -0.39 is 6.03 Å². The molecule has 0 bridgehead atoms. The van der Waals surface area contributed by atoms with Gasteiger partial charge in [0.1, 0.15) is 6.33 Å². The first kappa shape index (κ1) is 15.3. The Balaban J connectivity index is 1.81. The zero-order valence-electron chi connectivity index (χ0n) is 11.6. The first-order chi connectivity index (χ1) is 11.0. The number of nitrogens with zero attached hydrogens (tertiary/aromatic N) is 2. The quantitative estimate of drug-likeness (QED) is 0.744. The van der Waals surface area contributed by atoms with Crippen LogP contribution < -0.4 is 16.3 Å². The molecule has 23 heavy (non-hydrogen) atoms. The van der Waals surface area contributed by atoms with Crippen LogP contribution in [-0.4, -0.2) is 15.7 Å². The maximum Gasteiger partial charge on any atom is 0.338 e. The number of hydrogen-bond donors (Lipinski definition) is 2. The van der Waals surface area contributed by atoms with Gasteiger partial charge in [0.05, 0.1) is 20.9 Å². The molecule has 0 fully saturated rings. The Labute approximate surface area is 140 Å². The molecular weight excluding hydrogens is 339 g/mol. The summed E-state index contributed by atoms with van der Waals surface area (Å²) in [5.41, 5.74) is 3.02. The third kappa shape index (κ3) is 3.28. The lowest BCUT2D eigenvalue weighted by Crippen LogP contribution is -2.35. The van der Waals surface area contributed by atoms with E-state index in [9.17, 15) is 9.59 Å². The van der Waals surface area contributed by atoms with Crippen molar-refractivity contribution in [3.8, 4) is 0 Å². The van der Waals surface area contributed by atoms with Gasteiger partial charge in [-0.15, -0.1) is 0 Å². The molecule has 8 heteroatoms. The topological polar surface area (TPSA) is 76.0 Å². The summed E-state index contributed by atoms with van der Waals surface area (Å²) in [6.45, 7) is 0. The molecule has 0 saturated carbocycles. The van der Waals surface area contributed by atoms with E-state index >= 15 is 0 Å². The molecule has 3 aromatic rings. The molecule has 2 N–H and O–H groups in total. The van der Waals surface area contributed by atoms with Crippen molar-refractivity contribution in [1.82, 2.24) is 9.66 Å². The standard InChI is InChI=1S/C15H10Cl2N4O2/c16-11-6-5-9(7-12(11)17)19-15(23)20-21-8-18-13-4-2-1-3-10(13)14(21)22/h1-8H,(H2,19,20,23). The number of carbonyl (C=O) groups excluding carboxylic acids is 1. The highest BCUT2D eigenvalue weighted by atomic mass is 35.5. The molecule has 116 valence electrons. The Morgan fingerprint density at radius 2 is 1.87 bits per heavy atom. The first-order valence-electron chi connectivity index (χ1n) is 6.54. The number of fused-ring (bicyclic) bond motifs is 1. The molecule has 0 aliphatic heterocycles. The van der Waals surface area contributed by atoms with Crippen LogP contribution in [0.5, 0.6) is 0 Å². The molecule has 3 rings (SSSR count). The van der Waals surface area contributed by atoms with Crippen LogP contribution >= 0.6 is 23.2 Å². The molecule has 0 radical (unpaired) electrons. The smallest absolute Gasteiger partial charge is 0.307 e. The van der Waals surface area contributed by atoms with Crippen LogP contribution in [-0.2, 0) is 0 Å². The summed E-state index contributed by atoms with van der Waals surface area (Å²) in [5.74, 6) is 0. The summed E-state index contributed by atoms with van der Waals surface area (Å²) in [6.07, 6.45) is 1.25. The van der Waals surface area contributed by atoms with Gasteiger partial charge in [0.15, 0.2) is 0 Å². The van der Waals surface area contributed by atoms with E-state index in [1.165, 1.54) is 12.4 Å². The van der Waals surface area contributed by atoms with Gasteiger partial charge in [0.25, 0.3) is 5.56 Å². The minimum Gasteiger partial charge on any atom is -0.307 e. The number of para-hydroxylation sites is 1. The van der Waals surface area contributed by atoms with Gasteiger partial charge >= 0.3 is 6.03 Å². The molecule has 1 heterocycles. The number of rotatable bonds is 2. The average Bonchev–Trinajstić information content (AvgIpc) is 2.54. The normalized spacial score (nSPS) is 10.5.